The molecule has 0 aliphatic heterocycles. The van der Waals surface area contributed by atoms with Crippen LogP contribution >= 0.6 is 27.7 Å². The minimum absolute atomic E-state index is 0.161. The Morgan fingerprint density at radius 1 is 1.46 bits per heavy atom. The van der Waals surface area contributed by atoms with Crippen LogP contribution in [0.15, 0.2) is 44.8 Å². The largest absolute Gasteiger partial charge is 0.497 e. The van der Waals surface area contributed by atoms with E-state index in [-0.39, 0.29) is 6.42 Å². The number of allylic oxidation sites excluding steroid dienone is 2. The zero-order valence-electron chi connectivity index (χ0n) is 16.8. The molecule has 1 fully saturated rings. The number of ether oxygens (including phenoxy) is 1. The minimum Gasteiger partial charge on any atom is -0.497 e. The molecule has 7 heteroatoms. The van der Waals surface area contributed by atoms with E-state index in [1.807, 2.05) is 25.3 Å². The van der Waals surface area contributed by atoms with Crippen LogP contribution in [0.2, 0.25) is 0 Å². The van der Waals surface area contributed by atoms with Crippen LogP contribution in [0.4, 0.5) is 4.39 Å². The molecule has 4 nitrogen and oxygen atoms in total. The van der Waals surface area contributed by atoms with Crippen LogP contribution in [-0.2, 0) is 4.79 Å². The molecule has 0 saturated heterocycles. The number of carbonyl (C=O) groups is 1. The van der Waals surface area contributed by atoms with Crippen molar-refractivity contribution in [1.82, 2.24) is 5.32 Å². The molecule has 1 aliphatic rings. The molecule has 0 unspecified atom stereocenters. The fourth-order valence-electron chi connectivity index (χ4n) is 3.41. The SMILES string of the molecule is CCC(SC)=C1/C(=C(\C)Br)C[C@](F)(C(=O)N[C@H](C)c2ccc(OC)cc2)[C@H]1O. The highest BCUT2D eigenvalue weighted by atomic mass is 79.9. The van der Waals surface area contributed by atoms with Gasteiger partial charge in [-0.05, 0) is 64.8 Å². The first kappa shape index (κ1) is 23.0. The number of nitrogens with one attached hydrogen (secondary N) is 1. The summed E-state index contributed by atoms with van der Waals surface area (Å²) in [6.45, 7) is 5.54. The van der Waals surface area contributed by atoms with Gasteiger partial charge in [0.05, 0.1) is 13.2 Å². The molecule has 154 valence electrons. The van der Waals surface area contributed by atoms with Gasteiger partial charge in [0, 0.05) is 6.42 Å². The van der Waals surface area contributed by atoms with Crippen molar-refractivity contribution in [2.45, 2.75) is 51.4 Å². The highest BCUT2D eigenvalue weighted by molar-refractivity contribution is 9.11. The number of thioether (sulfide) groups is 1. The number of alkyl halides is 1. The molecule has 28 heavy (non-hydrogen) atoms. The van der Waals surface area contributed by atoms with Crippen LogP contribution in [0, 0.1) is 0 Å². The highest BCUT2D eigenvalue weighted by Crippen LogP contribution is 2.47. The number of rotatable bonds is 6. The average molecular weight is 472 g/mol. The van der Waals surface area contributed by atoms with Gasteiger partial charge in [-0.2, -0.15) is 0 Å². The van der Waals surface area contributed by atoms with Gasteiger partial charge in [-0.15, -0.1) is 11.8 Å². The summed E-state index contributed by atoms with van der Waals surface area (Å²) < 4.78 is 21.7. The summed E-state index contributed by atoms with van der Waals surface area (Å²) in [5, 5.41) is 13.5. The fourth-order valence-corrected chi connectivity index (χ4v) is 4.51. The van der Waals surface area contributed by atoms with Gasteiger partial charge in [-0.1, -0.05) is 35.0 Å². The number of amides is 1. The zero-order chi connectivity index (χ0) is 21.1. The first-order valence-corrected chi connectivity index (χ1v) is 11.2. The second-order valence-corrected chi connectivity index (χ2v) is 8.91. The second-order valence-electron chi connectivity index (χ2n) is 6.82. The Hall–Kier alpha value is -1.31. The topological polar surface area (TPSA) is 58.6 Å². The Bertz CT molecular complexity index is 783. The summed E-state index contributed by atoms with van der Waals surface area (Å²) in [6.07, 6.45) is 0.896. The van der Waals surface area contributed by atoms with Gasteiger partial charge in [0.15, 0.2) is 0 Å². The van der Waals surface area contributed by atoms with E-state index in [9.17, 15) is 9.90 Å². The summed E-state index contributed by atoms with van der Waals surface area (Å²) in [5.41, 5.74) is -0.393. The Kier molecular flexibility index (Phi) is 7.76. The highest BCUT2D eigenvalue weighted by Gasteiger charge is 2.55. The lowest BCUT2D eigenvalue weighted by Gasteiger charge is -2.25. The third-order valence-corrected chi connectivity index (χ3v) is 6.57. The molecule has 3 atom stereocenters. The molecule has 0 aromatic heterocycles. The zero-order valence-corrected chi connectivity index (χ0v) is 19.2. The second kappa shape index (κ2) is 9.46. The van der Waals surface area contributed by atoms with Gasteiger partial charge in [0.1, 0.15) is 11.9 Å². The number of benzene rings is 1. The van der Waals surface area contributed by atoms with E-state index in [1.54, 1.807) is 33.1 Å². The molecular formula is C21H27BrFNO3S. The lowest BCUT2D eigenvalue weighted by Crippen LogP contribution is -2.49. The first-order chi connectivity index (χ1) is 13.2. The van der Waals surface area contributed by atoms with Gasteiger partial charge >= 0.3 is 0 Å². The molecule has 1 aliphatic carbocycles. The smallest absolute Gasteiger partial charge is 0.261 e. The van der Waals surface area contributed by atoms with E-state index in [2.05, 4.69) is 21.2 Å². The monoisotopic (exact) mass is 471 g/mol. The number of halogens is 2. The molecule has 1 aromatic rings. The Balaban J connectivity index is 2.30. The Labute approximate surface area is 178 Å². The number of hydrogen-bond acceptors (Lipinski definition) is 4. The predicted molar refractivity (Wildman–Crippen MR) is 116 cm³/mol. The first-order valence-electron chi connectivity index (χ1n) is 9.14. The summed E-state index contributed by atoms with van der Waals surface area (Å²) in [4.78, 5) is 13.7. The van der Waals surface area contributed by atoms with Gasteiger partial charge in [0.2, 0.25) is 5.67 Å². The third-order valence-electron chi connectivity index (χ3n) is 5.09. The van der Waals surface area contributed by atoms with Crippen molar-refractivity contribution in [3.05, 3.63) is 50.4 Å². The van der Waals surface area contributed by atoms with Crippen molar-refractivity contribution >= 4 is 33.6 Å². The Morgan fingerprint density at radius 2 is 2.07 bits per heavy atom. The van der Waals surface area contributed by atoms with Crippen molar-refractivity contribution in [3.63, 3.8) is 0 Å². The quantitative estimate of drug-likeness (QED) is 0.609. The molecular weight excluding hydrogens is 445 g/mol. The van der Waals surface area contributed by atoms with E-state index >= 15 is 4.39 Å². The van der Waals surface area contributed by atoms with Crippen LogP contribution in [0.25, 0.3) is 0 Å². The molecule has 0 spiro atoms. The molecule has 0 bridgehead atoms. The molecule has 0 radical (unpaired) electrons. The van der Waals surface area contributed by atoms with Crippen LogP contribution in [0.5, 0.6) is 5.75 Å². The molecule has 1 aromatic carbocycles. The Morgan fingerprint density at radius 3 is 2.54 bits per heavy atom. The van der Waals surface area contributed by atoms with Crippen molar-refractivity contribution in [1.29, 1.82) is 0 Å². The number of carbonyl (C=O) groups excluding carboxylic acids is 1. The molecule has 0 heterocycles. The maximum absolute atomic E-state index is 15.8. The van der Waals surface area contributed by atoms with Crippen molar-refractivity contribution < 1.29 is 19.0 Å². The van der Waals surface area contributed by atoms with Crippen molar-refractivity contribution in [3.8, 4) is 5.75 Å². The van der Waals surface area contributed by atoms with Crippen molar-refractivity contribution in [2.75, 3.05) is 13.4 Å². The van der Waals surface area contributed by atoms with Crippen LogP contribution in [0.1, 0.15) is 45.2 Å². The standard InChI is InChI=1S/C21H27BrFNO3S/c1-6-17(28-5)18-16(12(2)22)11-21(23,19(18)25)20(26)24-13(3)14-7-9-15(27-4)10-8-14/h7-10,13,19,25H,6,11H2,1-5H3,(H,24,26)/b16-12+,18-17?/t13-,19+,21-/m1/s1. The molecule has 2 N–H and O–H groups in total. The molecule has 1 amide bonds. The lowest BCUT2D eigenvalue weighted by molar-refractivity contribution is -0.138. The van der Waals surface area contributed by atoms with Crippen LogP contribution in [-0.4, -0.2) is 36.2 Å². The van der Waals surface area contributed by atoms with Gasteiger partial charge < -0.3 is 15.2 Å². The van der Waals surface area contributed by atoms with Crippen LogP contribution < -0.4 is 10.1 Å². The van der Waals surface area contributed by atoms with Crippen LogP contribution in [0.3, 0.4) is 0 Å². The minimum atomic E-state index is -2.41. The van der Waals surface area contributed by atoms with E-state index in [0.717, 1.165) is 15.0 Å². The van der Waals surface area contributed by atoms with Crippen molar-refractivity contribution in [2.24, 2.45) is 0 Å². The molecule has 1 saturated carbocycles. The predicted octanol–water partition coefficient (Wildman–Crippen LogP) is 5.04. The number of methoxy groups -OCH3 is 1. The van der Waals surface area contributed by atoms with E-state index < -0.39 is 23.7 Å². The lowest BCUT2D eigenvalue weighted by atomic mass is 9.98. The maximum atomic E-state index is 15.8. The average Bonchev–Trinajstić information content (AvgIpc) is 2.96. The van der Waals surface area contributed by atoms with Gasteiger partial charge in [0.25, 0.3) is 5.91 Å². The molecule has 2 rings (SSSR count). The fraction of sp³-hybridized carbons (Fsp3) is 0.476. The summed E-state index contributed by atoms with van der Waals surface area (Å²) in [5.74, 6) is -0.0990. The number of aliphatic hydroxyl groups is 1. The van der Waals surface area contributed by atoms with E-state index in [0.29, 0.717) is 23.3 Å². The summed E-state index contributed by atoms with van der Waals surface area (Å²) in [7, 11) is 1.58. The number of hydrogen-bond donors (Lipinski definition) is 2. The summed E-state index contributed by atoms with van der Waals surface area (Å²) >= 11 is 4.89. The number of aliphatic hydroxyl groups excluding tert-OH is 1. The maximum Gasteiger partial charge on any atom is 0.261 e. The summed E-state index contributed by atoms with van der Waals surface area (Å²) in [6, 6.07) is 6.81. The third kappa shape index (κ3) is 4.47. The van der Waals surface area contributed by atoms with E-state index in [4.69, 9.17) is 4.74 Å². The van der Waals surface area contributed by atoms with Gasteiger partial charge in [-0.3, -0.25) is 4.79 Å². The van der Waals surface area contributed by atoms with E-state index in [1.165, 1.54) is 11.8 Å². The normalized spacial score (nSPS) is 26.6. The van der Waals surface area contributed by atoms with Gasteiger partial charge in [-0.25, -0.2) is 4.39 Å².